The van der Waals surface area contributed by atoms with E-state index in [9.17, 15) is 8.78 Å². The van der Waals surface area contributed by atoms with Gasteiger partial charge in [-0.05, 0) is 24.3 Å². The fourth-order valence-electron chi connectivity index (χ4n) is 1.30. The quantitative estimate of drug-likeness (QED) is 0.730. The Morgan fingerprint density at radius 2 is 1.87 bits per heavy atom. The number of nitrogen functional groups attached to an aromatic ring is 1. The molecule has 0 spiro atoms. The Balaban J connectivity index is 2.74. The van der Waals surface area contributed by atoms with Crippen LogP contribution in [0.3, 0.4) is 0 Å². The van der Waals surface area contributed by atoms with Gasteiger partial charge in [0.05, 0.1) is 13.2 Å². The molecule has 0 radical (unpaired) electrons. The van der Waals surface area contributed by atoms with E-state index >= 15 is 0 Å². The topological polar surface area (TPSA) is 49.5 Å². The summed E-state index contributed by atoms with van der Waals surface area (Å²) in [6.07, 6.45) is -2.42. The minimum absolute atomic E-state index is 0.156. The van der Waals surface area contributed by atoms with Crippen LogP contribution in [0.15, 0.2) is 24.3 Å². The Hall–Kier alpha value is -1.36. The van der Waals surface area contributed by atoms with E-state index in [4.69, 9.17) is 10.8 Å². The average Bonchev–Trinajstić information content (AvgIpc) is 2.17. The standard InChI is InChI=1S/C10H14F2N2O/c11-10(12)7-14(5-6-15)9-3-1-8(13)2-4-9/h1-4,10,15H,5-7,13H2. The summed E-state index contributed by atoms with van der Waals surface area (Å²) in [5.74, 6) is 0. The molecule has 15 heavy (non-hydrogen) atoms. The Kier molecular flexibility index (Phi) is 4.30. The highest BCUT2D eigenvalue weighted by Gasteiger charge is 2.11. The Labute approximate surface area is 87.1 Å². The van der Waals surface area contributed by atoms with E-state index in [1.165, 1.54) is 4.90 Å². The van der Waals surface area contributed by atoms with Crippen molar-refractivity contribution in [2.45, 2.75) is 6.43 Å². The second-order valence-corrected chi connectivity index (χ2v) is 3.15. The molecule has 0 bridgehead atoms. The predicted molar refractivity (Wildman–Crippen MR) is 56.2 cm³/mol. The van der Waals surface area contributed by atoms with Crippen LogP contribution in [0.4, 0.5) is 20.2 Å². The van der Waals surface area contributed by atoms with Crippen molar-refractivity contribution in [1.29, 1.82) is 0 Å². The summed E-state index contributed by atoms with van der Waals surface area (Å²) in [5.41, 5.74) is 6.71. The van der Waals surface area contributed by atoms with E-state index in [1.807, 2.05) is 0 Å². The van der Waals surface area contributed by atoms with Crippen LogP contribution < -0.4 is 10.6 Å². The summed E-state index contributed by atoms with van der Waals surface area (Å²) in [6.45, 7) is -0.351. The molecule has 0 atom stereocenters. The van der Waals surface area contributed by atoms with Crippen LogP contribution in [0.5, 0.6) is 0 Å². The van der Waals surface area contributed by atoms with Crippen LogP contribution in [-0.4, -0.2) is 31.2 Å². The van der Waals surface area contributed by atoms with Gasteiger partial charge < -0.3 is 15.7 Å². The van der Waals surface area contributed by atoms with E-state index in [2.05, 4.69) is 0 Å². The molecule has 0 unspecified atom stereocenters. The monoisotopic (exact) mass is 216 g/mol. The molecule has 0 saturated heterocycles. The van der Waals surface area contributed by atoms with E-state index in [-0.39, 0.29) is 19.7 Å². The van der Waals surface area contributed by atoms with Crippen molar-refractivity contribution in [2.75, 3.05) is 30.3 Å². The van der Waals surface area contributed by atoms with Gasteiger partial charge in [0, 0.05) is 17.9 Å². The number of anilines is 2. The van der Waals surface area contributed by atoms with Crippen molar-refractivity contribution < 1.29 is 13.9 Å². The first kappa shape index (κ1) is 11.7. The number of aliphatic hydroxyl groups is 1. The fraction of sp³-hybridized carbons (Fsp3) is 0.400. The number of hydrogen-bond donors (Lipinski definition) is 2. The number of hydrogen-bond acceptors (Lipinski definition) is 3. The summed E-state index contributed by atoms with van der Waals surface area (Å²) >= 11 is 0. The molecule has 0 heterocycles. The Morgan fingerprint density at radius 3 is 2.33 bits per heavy atom. The Morgan fingerprint density at radius 1 is 1.27 bits per heavy atom. The lowest BCUT2D eigenvalue weighted by Gasteiger charge is -2.23. The Bertz CT molecular complexity index is 290. The van der Waals surface area contributed by atoms with Gasteiger partial charge in [-0.1, -0.05) is 0 Å². The van der Waals surface area contributed by atoms with Crippen molar-refractivity contribution >= 4 is 11.4 Å². The molecule has 5 heteroatoms. The van der Waals surface area contributed by atoms with Gasteiger partial charge in [-0.15, -0.1) is 0 Å². The van der Waals surface area contributed by atoms with E-state index in [0.29, 0.717) is 11.4 Å². The van der Waals surface area contributed by atoms with Crippen molar-refractivity contribution in [3.05, 3.63) is 24.3 Å². The van der Waals surface area contributed by atoms with Crippen molar-refractivity contribution in [1.82, 2.24) is 0 Å². The number of nitrogens with two attached hydrogens (primary N) is 1. The lowest BCUT2D eigenvalue weighted by atomic mass is 10.2. The number of alkyl halides is 2. The van der Waals surface area contributed by atoms with Gasteiger partial charge in [0.15, 0.2) is 0 Å². The molecule has 1 rings (SSSR count). The van der Waals surface area contributed by atoms with Crippen LogP contribution in [0.1, 0.15) is 0 Å². The number of aliphatic hydroxyl groups excluding tert-OH is 1. The average molecular weight is 216 g/mol. The van der Waals surface area contributed by atoms with Gasteiger partial charge in [-0.3, -0.25) is 0 Å². The van der Waals surface area contributed by atoms with Gasteiger partial charge in [-0.25, -0.2) is 8.78 Å². The summed E-state index contributed by atoms with van der Waals surface area (Å²) in [4.78, 5) is 1.42. The summed E-state index contributed by atoms with van der Waals surface area (Å²) in [7, 11) is 0. The zero-order valence-electron chi connectivity index (χ0n) is 8.24. The first-order valence-corrected chi connectivity index (χ1v) is 4.63. The van der Waals surface area contributed by atoms with Crippen LogP contribution >= 0.6 is 0 Å². The summed E-state index contributed by atoms with van der Waals surface area (Å²) in [5, 5.41) is 8.75. The van der Waals surface area contributed by atoms with Crippen molar-refractivity contribution in [3.8, 4) is 0 Å². The molecule has 0 aliphatic heterocycles. The first-order chi connectivity index (χ1) is 7.13. The lowest BCUT2D eigenvalue weighted by Crippen LogP contribution is -2.31. The highest BCUT2D eigenvalue weighted by Crippen LogP contribution is 2.17. The third-order valence-electron chi connectivity index (χ3n) is 1.99. The van der Waals surface area contributed by atoms with Crippen LogP contribution in [-0.2, 0) is 0 Å². The van der Waals surface area contributed by atoms with E-state index in [0.717, 1.165) is 0 Å². The second kappa shape index (κ2) is 5.50. The van der Waals surface area contributed by atoms with Gasteiger partial charge in [0.2, 0.25) is 0 Å². The SMILES string of the molecule is Nc1ccc(N(CCO)CC(F)F)cc1. The predicted octanol–water partition coefficient (Wildman–Crippen LogP) is 1.33. The first-order valence-electron chi connectivity index (χ1n) is 4.63. The van der Waals surface area contributed by atoms with Crippen molar-refractivity contribution in [2.24, 2.45) is 0 Å². The zero-order valence-corrected chi connectivity index (χ0v) is 8.24. The zero-order chi connectivity index (χ0) is 11.3. The maximum Gasteiger partial charge on any atom is 0.255 e. The molecule has 0 aromatic heterocycles. The number of nitrogens with zero attached hydrogens (tertiary/aromatic N) is 1. The lowest BCUT2D eigenvalue weighted by molar-refractivity contribution is 0.153. The summed E-state index contributed by atoms with van der Waals surface area (Å²) in [6, 6.07) is 6.61. The molecular formula is C10H14F2N2O. The molecule has 0 fully saturated rings. The summed E-state index contributed by atoms with van der Waals surface area (Å²) < 4.78 is 24.5. The third-order valence-corrected chi connectivity index (χ3v) is 1.99. The molecular weight excluding hydrogens is 202 g/mol. The molecule has 84 valence electrons. The molecule has 0 saturated carbocycles. The molecule has 3 N–H and O–H groups in total. The van der Waals surface area contributed by atoms with Crippen LogP contribution in [0.25, 0.3) is 0 Å². The smallest absolute Gasteiger partial charge is 0.255 e. The minimum atomic E-state index is -2.42. The molecule has 0 aliphatic carbocycles. The number of halogens is 2. The maximum atomic E-state index is 12.2. The van der Waals surface area contributed by atoms with Crippen molar-refractivity contribution in [3.63, 3.8) is 0 Å². The van der Waals surface area contributed by atoms with E-state index in [1.54, 1.807) is 24.3 Å². The molecule has 1 aromatic rings. The fourth-order valence-corrected chi connectivity index (χ4v) is 1.30. The largest absolute Gasteiger partial charge is 0.399 e. The second-order valence-electron chi connectivity index (χ2n) is 3.15. The van der Waals surface area contributed by atoms with Crippen LogP contribution in [0.2, 0.25) is 0 Å². The highest BCUT2D eigenvalue weighted by atomic mass is 19.3. The maximum absolute atomic E-state index is 12.2. The molecule has 0 amide bonds. The van der Waals surface area contributed by atoms with Gasteiger partial charge in [0.1, 0.15) is 0 Å². The molecule has 0 aliphatic rings. The number of rotatable bonds is 5. The minimum Gasteiger partial charge on any atom is -0.399 e. The number of benzene rings is 1. The van der Waals surface area contributed by atoms with Gasteiger partial charge in [-0.2, -0.15) is 0 Å². The highest BCUT2D eigenvalue weighted by molar-refractivity contribution is 5.53. The molecule has 3 nitrogen and oxygen atoms in total. The van der Waals surface area contributed by atoms with E-state index < -0.39 is 6.43 Å². The normalized spacial score (nSPS) is 10.7. The van der Waals surface area contributed by atoms with Crippen LogP contribution in [0, 0.1) is 0 Å². The molecule has 1 aromatic carbocycles. The van der Waals surface area contributed by atoms with Gasteiger partial charge >= 0.3 is 0 Å². The van der Waals surface area contributed by atoms with Gasteiger partial charge in [0.25, 0.3) is 6.43 Å². The third kappa shape index (κ3) is 3.71.